The van der Waals surface area contributed by atoms with Gasteiger partial charge < -0.3 is 0 Å². The van der Waals surface area contributed by atoms with E-state index in [-0.39, 0.29) is 0 Å². The molecule has 0 saturated heterocycles. The van der Waals surface area contributed by atoms with Crippen LogP contribution in [0.25, 0.3) is 11.1 Å². The van der Waals surface area contributed by atoms with Crippen LogP contribution >= 0.6 is 11.8 Å². The van der Waals surface area contributed by atoms with Gasteiger partial charge in [-0.05, 0) is 36.4 Å². The van der Waals surface area contributed by atoms with Crippen molar-refractivity contribution in [3.8, 4) is 11.1 Å². The van der Waals surface area contributed by atoms with Gasteiger partial charge in [0.15, 0.2) is 0 Å². The summed E-state index contributed by atoms with van der Waals surface area (Å²) in [4.78, 5) is 1.31. The van der Waals surface area contributed by atoms with Gasteiger partial charge in [0, 0.05) is 4.90 Å². The number of thioether (sulfide) groups is 1. The second kappa shape index (κ2) is 4.54. The summed E-state index contributed by atoms with van der Waals surface area (Å²) in [5, 5.41) is 0. The van der Waals surface area contributed by atoms with Crippen molar-refractivity contribution in [3.63, 3.8) is 0 Å². The Balaban J connectivity index is 2.33. The molecule has 0 heterocycles. The van der Waals surface area contributed by atoms with Crippen molar-refractivity contribution in [1.29, 1.82) is 0 Å². The lowest BCUT2D eigenvalue weighted by molar-refractivity contribution is 1.44. The highest BCUT2D eigenvalue weighted by molar-refractivity contribution is 7.98. The van der Waals surface area contributed by atoms with E-state index in [1.165, 1.54) is 21.6 Å². The number of hydrogen-bond donors (Lipinski definition) is 0. The minimum Gasteiger partial charge on any atom is -0.130 e. The monoisotopic (exact) mass is 214 g/mol. The molecule has 0 aliphatic rings. The zero-order valence-corrected chi connectivity index (χ0v) is 9.84. The molecule has 0 atom stereocenters. The maximum Gasteiger partial charge on any atom is 0.00695 e. The predicted molar refractivity (Wildman–Crippen MR) is 68.4 cm³/mol. The van der Waals surface area contributed by atoms with Crippen molar-refractivity contribution < 1.29 is 0 Å². The molecule has 0 aliphatic carbocycles. The Labute approximate surface area is 95.3 Å². The van der Waals surface area contributed by atoms with Crippen LogP contribution in [0.5, 0.6) is 0 Å². The van der Waals surface area contributed by atoms with Gasteiger partial charge >= 0.3 is 0 Å². The van der Waals surface area contributed by atoms with Gasteiger partial charge in [-0.15, -0.1) is 11.8 Å². The van der Waals surface area contributed by atoms with Gasteiger partial charge in [-0.1, -0.05) is 42.0 Å². The minimum atomic E-state index is 1.28. The SMILES string of the molecule is CSc1ccc(-c2ccc(C)cc2)cc1. The van der Waals surface area contributed by atoms with E-state index in [1.54, 1.807) is 11.8 Å². The van der Waals surface area contributed by atoms with E-state index in [2.05, 4.69) is 61.7 Å². The average Bonchev–Trinajstić information content (AvgIpc) is 2.30. The molecule has 2 aromatic rings. The molecule has 76 valence electrons. The molecule has 0 bridgehead atoms. The fourth-order valence-electron chi connectivity index (χ4n) is 1.53. The lowest BCUT2D eigenvalue weighted by Gasteiger charge is -2.03. The van der Waals surface area contributed by atoms with Crippen molar-refractivity contribution in [3.05, 3.63) is 54.1 Å². The van der Waals surface area contributed by atoms with Gasteiger partial charge in [0.1, 0.15) is 0 Å². The Morgan fingerprint density at radius 3 is 1.67 bits per heavy atom. The van der Waals surface area contributed by atoms with Gasteiger partial charge in [0.05, 0.1) is 0 Å². The zero-order chi connectivity index (χ0) is 10.7. The molecule has 0 nitrogen and oxygen atoms in total. The first-order valence-electron chi connectivity index (χ1n) is 5.01. The first-order chi connectivity index (χ1) is 7.29. The highest BCUT2D eigenvalue weighted by atomic mass is 32.2. The summed E-state index contributed by atoms with van der Waals surface area (Å²) in [6.07, 6.45) is 2.10. The molecule has 0 fully saturated rings. The second-order valence-corrected chi connectivity index (χ2v) is 4.47. The zero-order valence-electron chi connectivity index (χ0n) is 9.03. The largest absolute Gasteiger partial charge is 0.130 e. The summed E-state index contributed by atoms with van der Waals surface area (Å²) >= 11 is 1.78. The summed E-state index contributed by atoms with van der Waals surface area (Å²) in [6.45, 7) is 2.11. The van der Waals surface area contributed by atoms with Crippen LogP contribution in [-0.4, -0.2) is 6.26 Å². The van der Waals surface area contributed by atoms with E-state index in [0.717, 1.165) is 0 Å². The first-order valence-corrected chi connectivity index (χ1v) is 6.23. The summed E-state index contributed by atoms with van der Waals surface area (Å²) in [5.74, 6) is 0. The Bertz CT molecular complexity index is 426. The summed E-state index contributed by atoms with van der Waals surface area (Å²) in [5.41, 5.74) is 3.88. The summed E-state index contributed by atoms with van der Waals surface area (Å²) in [7, 11) is 0. The van der Waals surface area contributed by atoms with Gasteiger partial charge in [0.25, 0.3) is 0 Å². The highest BCUT2D eigenvalue weighted by Crippen LogP contribution is 2.23. The molecule has 15 heavy (non-hydrogen) atoms. The maximum absolute atomic E-state index is 2.18. The van der Waals surface area contributed by atoms with Crippen molar-refractivity contribution in [1.82, 2.24) is 0 Å². The molecule has 2 aromatic carbocycles. The molecule has 0 radical (unpaired) electrons. The lowest BCUT2D eigenvalue weighted by Crippen LogP contribution is -1.78. The molecule has 2 rings (SSSR count). The highest BCUT2D eigenvalue weighted by Gasteiger charge is 1.96. The van der Waals surface area contributed by atoms with Crippen molar-refractivity contribution in [2.75, 3.05) is 6.26 Å². The average molecular weight is 214 g/mol. The topological polar surface area (TPSA) is 0 Å². The summed E-state index contributed by atoms with van der Waals surface area (Å²) < 4.78 is 0. The molecular weight excluding hydrogens is 200 g/mol. The Kier molecular flexibility index (Phi) is 3.12. The molecule has 0 saturated carbocycles. The molecule has 0 unspecified atom stereocenters. The number of aryl methyl sites for hydroxylation is 1. The van der Waals surface area contributed by atoms with E-state index in [9.17, 15) is 0 Å². The molecular formula is C14H14S. The van der Waals surface area contributed by atoms with E-state index < -0.39 is 0 Å². The predicted octanol–water partition coefficient (Wildman–Crippen LogP) is 4.38. The van der Waals surface area contributed by atoms with E-state index in [4.69, 9.17) is 0 Å². The Hall–Kier alpha value is -1.21. The Morgan fingerprint density at radius 2 is 1.20 bits per heavy atom. The van der Waals surface area contributed by atoms with E-state index in [0.29, 0.717) is 0 Å². The fraction of sp³-hybridized carbons (Fsp3) is 0.143. The van der Waals surface area contributed by atoms with Crippen LogP contribution in [0.1, 0.15) is 5.56 Å². The summed E-state index contributed by atoms with van der Waals surface area (Å²) in [6, 6.07) is 17.3. The number of hydrogen-bond acceptors (Lipinski definition) is 1. The molecule has 0 aromatic heterocycles. The second-order valence-electron chi connectivity index (χ2n) is 3.59. The quantitative estimate of drug-likeness (QED) is 0.668. The van der Waals surface area contributed by atoms with Gasteiger partial charge in [-0.2, -0.15) is 0 Å². The Morgan fingerprint density at radius 1 is 0.733 bits per heavy atom. The molecule has 0 N–H and O–H groups in total. The van der Waals surface area contributed by atoms with Crippen LogP contribution in [0.2, 0.25) is 0 Å². The van der Waals surface area contributed by atoms with E-state index >= 15 is 0 Å². The van der Waals surface area contributed by atoms with E-state index in [1.807, 2.05) is 0 Å². The van der Waals surface area contributed by atoms with Crippen LogP contribution in [-0.2, 0) is 0 Å². The fourth-order valence-corrected chi connectivity index (χ4v) is 1.94. The number of benzene rings is 2. The molecule has 1 heteroatoms. The van der Waals surface area contributed by atoms with Crippen LogP contribution in [0.3, 0.4) is 0 Å². The van der Waals surface area contributed by atoms with Crippen LogP contribution in [0, 0.1) is 6.92 Å². The van der Waals surface area contributed by atoms with Crippen LogP contribution in [0.4, 0.5) is 0 Å². The van der Waals surface area contributed by atoms with Crippen molar-refractivity contribution in [2.45, 2.75) is 11.8 Å². The van der Waals surface area contributed by atoms with Gasteiger partial charge in [0.2, 0.25) is 0 Å². The smallest absolute Gasteiger partial charge is 0.00695 e. The third-order valence-electron chi connectivity index (χ3n) is 2.47. The molecule has 0 aliphatic heterocycles. The molecule has 0 spiro atoms. The van der Waals surface area contributed by atoms with Gasteiger partial charge in [-0.3, -0.25) is 0 Å². The first kappa shape index (κ1) is 10.3. The molecule has 0 amide bonds. The third-order valence-corrected chi connectivity index (χ3v) is 3.22. The standard InChI is InChI=1S/C14H14S/c1-11-3-5-12(6-4-11)13-7-9-14(15-2)10-8-13/h3-10H,1-2H3. The van der Waals surface area contributed by atoms with Crippen molar-refractivity contribution >= 4 is 11.8 Å². The van der Waals surface area contributed by atoms with Crippen LogP contribution < -0.4 is 0 Å². The van der Waals surface area contributed by atoms with Gasteiger partial charge in [-0.25, -0.2) is 0 Å². The minimum absolute atomic E-state index is 1.28. The lowest BCUT2D eigenvalue weighted by atomic mass is 10.0. The third kappa shape index (κ3) is 2.42. The number of rotatable bonds is 2. The normalized spacial score (nSPS) is 10.3. The van der Waals surface area contributed by atoms with Crippen molar-refractivity contribution in [2.24, 2.45) is 0 Å². The maximum atomic E-state index is 2.18. The van der Waals surface area contributed by atoms with Crippen LogP contribution in [0.15, 0.2) is 53.4 Å².